The maximum atomic E-state index is 12.9. The molecule has 0 bridgehead atoms. The largest absolute Gasteiger partial charge is 0.360 e. The van der Waals surface area contributed by atoms with E-state index >= 15 is 0 Å². The zero-order chi connectivity index (χ0) is 19.4. The number of aromatic nitrogens is 1. The van der Waals surface area contributed by atoms with Crippen LogP contribution in [0.3, 0.4) is 0 Å². The Hall–Kier alpha value is -3.18. The van der Waals surface area contributed by atoms with Crippen LogP contribution in [0.4, 0.5) is 5.69 Å². The average molecular weight is 398 g/mol. The smallest absolute Gasteiger partial charge is 0.265 e. The molecule has 0 unspecified atom stereocenters. The summed E-state index contributed by atoms with van der Waals surface area (Å²) in [5.74, 6) is 0.516. The first-order valence-corrected chi connectivity index (χ1v) is 10.7. The number of carbonyl (C=O) groups excluding carboxylic acids is 1. The van der Waals surface area contributed by atoms with E-state index in [-0.39, 0.29) is 12.1 Å². The van der Waals surface area contributed by atoms with Crippen LogP contribution in [0.2, 0.25) is 0 Å². The Bertz CT molecular complexity index is 1230. The number of fused-ring (bicyclic) bond motifs is 3. The Kier molecular flexibility index (Phi) is 3.71. The van der Waals surface area contributed by atoms with Gasteiger partial charge >= 0.3 is 0 Å². The summed E-state index contributed by atoms with van der Waals surface area (Å²) in [6, 6.07) is 22.7. The molecule has 2 N–H and O–H groups in total. The summed E-state index contributed by atoms with van der Waals surface area (Å²) in [7, 11) is 0. The van der Waals surface area contributed by atoms with Crippen molar-refractivity contribution in [1.82, 2.24) is 10.3 Å². The molecule has 1 aliphatic heterocycles. The van der Waals surface area contributed by atoms with Crippen molar-refractivity contribution < 1.29 is 4.79 Å². The first kappa shape index (κ1) is 16.7. The van der Waals surface area contributed by atoms with Crippen molar-refractivity contribution in [3.8, 4) is 11.1 Å². The minimum absolute atomic E-state index is 0.0393. The van der Waals surface area contributed by atoms with Crippen molar-refractivity contribution in [2.75, 3.05) is 5.32 Å². The maximum Gasteiger partial charge on any atom is 0.265 e. The van der Waals surface area contributed by atoms with E-state index < -0.39 is 0 Å². The highest BCUT2D eigenvalue weighted by atomic mass is 32.1. The number of hydrogen-bond donors (Lipinski definition) is 2. The minimum Gasteiger partial charge on any atom is -0.360 e. The summed E-state index contributed by atoms with van der Waals surface area (Å²) in [4.78, 5) is 19.6. The number of carbonyl (C=O) groups is 1. The molecule has 0 radical (unpaired) electrons. The van der Waals surface area contributed by atoms with E-state index in [2.05, 4.69) is 41.0 Å². The first-order chi connectivity index (χ1) is 14.3. The number of pyridine rings is 1. The highest BCUT2D eigenvalue weighted by Gasteiger charge is 2.32. The second kappa shape index (κ2) is 6.42. The van der Waals surface area contributed by atoms with Gasteiger partial charge in [0.15, 0.2) is 0 Å². The first-order valence-electron chi connectivity index (χ1n) is 9.93. The minimum atomic E-state index is -0.249. The third-order valence-corrected chi connectivity index (χ3v) is 6.75. The molecule has 1 aliphatic carbocycles. The molecule has 2 aromatic heterocycles. The number of anilines is 1. The van der Waals surface area contributed by atoms with E-state index in [0.717, 1.165) is 38.3 Å². The molecule has 1 saturated carbocycles. The van der Waals surface area contributed by atoms with Crippen LogP contribution in [0, 0.1) is 0 Å². The van der Waals surface area contributed by atoms with Crippen LogP contribution in [-0.4, -0.2) is 10.9 Å². The lowest BCUT2D eigenvalue weighted by Crippen LogP contribution is -2.37. The molecule has 2 aromatic carbocycles. The number of amides is 1. The zero-order valence-corrected chi connectivity index (χ0v) is 16.5. The van der Waals surface area contributed by atoms with Crippen LogP contribution >= 0.6 is 11.3 Å². The highest BCUT2D eigenvalue weighted by Crippen LogP contribution is 2.47. The molecule has 2 aliphatic rings. The van der Waals surface area contributed by atoms with Gasteiger partial charge in [0.05, 0.1) is 5.69 Å². The number of nitrogens with zero attached hydrogens (tertiary/aromatic N) is 1. The van der Waals surface area contributed by atoms with Crippen molar-refractivity contribution >= 4 is 33.1 Å². The van der Waals surface area contributed by atoms with Gasteiger partial charge < -0.3 is 10.6 Å². The van der Waals surface area contributed by atoms with Crippen molar-refractivity contribution in [2.45, 2.75) is 24.9 Å². The van der Waals surface area contributed by atoms with E-state index in [1.807, 2.05) is 36.4 Å². The van der Waals surface area contributed by atoms with Gasteiger partial charge in [0.2, 0.25) is 0 Å². The Morgan fingerprint density at radius 1 is 0.931 bits per heavy atom. The summed E-state index contributed by atoms with van der Waals surface area (Å²) < 4.78 is 0. The van der Waals surface area contributed by atoms with E-state index in [4.69, 9.17) is 4.98 Å². The second-order valence-electron chi connectivity index (χ2n) is 7.68. The lowest BCUT2D eigenvalue weighted by atomic mass is 9.99. The fourth-order valence-corrected chi connectivity index (χ4v) is 5.11. The number of thiophene rings is 1. The fraction of sp³-hybridized carbons (Fsp3) is 0.167. The lowest BCUT2D eigenvalue weighted by molar-refractivity contribution is 0.0940. The molecule has 0 spiro atoms. The molecule has 1 amide bonds. The van der Waals surface area contributed by atoms with E-state index in [0.29, 0.717) is 10.8 Å². The molecule has 1 atom stereocenters. The molecule has 4 aromatic rings. The van der Waals surface area contributed by atoms with Crippen molar-refractivity contribution in [1.29, 1.82) is 0 Å². The van der Waals surface area contributed by atoms with Gasteiger partial charge in [-0.1, -0.05) is 60.7 Å². The van der Waals surface area contributed by atoms with Crippen LogP contribution in [-0.2, 0) is 0 Å². The van der Waals surface area contributed by atoms with Gasteiger partial charge in [-0.05, 0) is 35.6 Å². The number of hydrogen-bond acceptors (Lipinski definition) is 4. The van der Waals surface area contributed by atoms with Gasteiger partial charge in [0.1, 0.15) is 15.9 Å². The van der Waals surface area contributed by atoms with E-state index in [9.17, 15) is 4.79 Å². The molecule has 6 rings (SSSR count). The number of nitrogens with one attached hydrogen (secondary N) is 2. The van der Waals surface area contributed by atoms with Crippen LogP contribution in [0.15, 0.2) is 66.7 Å². The quantitative estimate of drug-likeness (QED) is 0.467. The van der Waals surface area contributed by atoms with Crippen LogP contribution < -0.4 is 10.6 Å². The summed E-state index contributed by atoms with van der Waals surface area (Å²) in [6.07, 6.45) is 2.15. The van der Waals surface area contributed by atoms with Gasteiger partial charge in [-0.2, -0.15) is 0 Å². The van der Waals surface area contributed by atoms with Crippen LogP contribution in [0.1, 0.15) is 45.9 Å². The lowest BCUT2D eigenvalue weighted by Gasteiger charge is -2.26. The summed E-state index contributed by atoms with van der Waals surface area (Å²) >= 11 is 1.49. The molecule has 3 heterocycles. The third-order valence-electron chi connectivity index (χ3n) is 5.67. The molecule has 4 nitrogen and oxygen atoms in total. The van der Waals surface area contributed by atoms with Gasteiger partial charge in [0.25, 0.3) is 5.91 Å². The normalized spacial score (nSPS) is 18.2. The predicted molar refractivity (Wildman–Crippen MR) is 117 cm³/mol. The highest BCUT2D eigenvalue weighted by molar-refractivity contribution is 7.21. The summed E-state index contributed by atoms with van der Waals surface area (Å²) in [5, 5.41) is 7.72. The Morgan fingerprint density at radius 2 is 1.66 bits per heavy atom. The summed E-state index contributed by atoms with van der Waals surface area (Å²) in [5.41, 5.74) is 5.40. The van der Waals surface area contributed by atoms with Gasteiger partial charge in [0, 0.05) is 17.0 Å². The monoisotopic (exact) mass is 397 g/mol. The molecule has 29 heavy (non-hydrogen) atoms. The van der Waals surface area contributed by atoms with E-state index in [1.165, 1.54) is 24.2 Å². The Morgan fingerprint density at radius 3 is 2.38 bits per heavy atom. The second-order valence-corrected chi connectivity index (χ2v) is 8.68. The summed E-state index contributed by atoms with van der Waals surface area (Å²) in [6.45, 7) is 0. The number of benzene rings is 2. The predicted octanol–water partition coefficient (Wildman–Crippen LogP) is 5.69. The molecule has 142 valence electrons. The number of rotatable bonds is 3. The molecule has 1 fully saturated rings. The van der Waals surface area contributed by atoms with Gasteiger partial charge in [-0.15, -0.1) is 11.3 Å². The molecule has 5 heteroatoms. The molecule has 0 saturated heterocycles. The SMILES string of the molecule is O=C1N[C@@H](c2ccccc2)Nc2c1sc1nc(C3CC3)cc(-c3ccccc3)c21. The fourth-order valence-electron chi connectivity index (χ4n) is 4.04. The zero-order valence-electron chi connectivity index (χ0n) is 15.7. The topological polar surface area (TPSA) is 54.0 Å². The Balaban J connectivity index is 1.57. The third kappa shape index (κ3) is 2.81. The molecular weight excluding hydrogens is 378 g/mol. The van der Waals surface area contributed by atoms with E-state index in [1.54, 1.807) is 0 Å². The van der Waals surface area contributed by atoms with Crippen molar-refractivity contribution in [2.24, 2.45) is 0 Å². The standard InChI is InChI=1S/C24H19N3OS/c28-23-21-20(26-22(27-23)16-9-5-2-6-10-16)19-17(14-7-3-1-4-8-14)13-18(15-11-12-15)25-24(19)29-21/h1-10,13,15,22,26H,11-12H2,(H,27,28)/t22-/m0/s1. The van der Waals surface area contributed by atoms with Crippen LogP contribution in [0.25, 0.3) is 21.3 Å². The average Bonchev–Trinajstić information content (AvgIpc) is 3.55. The van der Waals surface area contributed by atoms with Crippen LogP contribution in [0.5, 0.6) is 0 Å². The Labute approximate surface area is 172 Å². The van der Waals surface area contributed by atoms with Gasteiger partial charge in [-0.25, -0.2) is 4.98 Å². The van der Waals surface area contributed by atoms with Crippen molar-refractivity contribution in [3.05, 3.63) is 82.9 Å². The van der Waals surface area contributed by atoms with Crippen molar-refractivity contribution in [3.63, 3.8) is 0 Å². The van der Waals surface area contributed by atoms with Gasteiger partial charge in [-0.3, -0.25) is 4.79 Å². The molecular formula is C24H19N3OS. The maximum absolute atomic E-state index is 12.9.